The minimum Gasteiger partial charge on any atom is -0.491 e. The minimum absolute atomic E-state index is 0.0227. The maximum Gasteiger partial charge on any atom is 0.123 e. The fraction of sp³-hybridized carbons (Fsp3) is 0.400. The first-order valence-corrected chi connectivity index (χ1v) is 8.58. The number of rotatable bonds is 6. The lowest BCUT2D eigenvalue weighted by Gasteiger charge is -2.36. The average Bonchev–Trinajstić information content (AvgIpc) is 2.62. The van der Waals surface area contributed by atoms with E-state index in [4.69, 9.17) is 9.84 Å². The molecule has 0 aliphatic carbocycles. The van der Waals surface area contributed by atoms with E-state index in [2.05, 4.69) is 17.0 Å². The Labute approximate surface area is 142 Å². The number of halogens is 1. The molecule has 1 N–H and O–H groups in total. The average molecular weight is 329 g/mol. The number of aliphatic hydroxyl groups is 1. The summed E-state index contributed by atoms with van der Waals surface area (Å²) in [6.07, 6.45) is 3.53. The van der Waals surface area contributed by atoms with E-state index in [0.717, 1.165) is 25.3 Å². The highest BCUT2D eigenvalue weighted by Gasteiger charge is 2.23. The summed E-state index contributed by atoms with van der Waals surface area (Å²) in [6.45, 7) is 2.28. The molecule has 3 nitrogen and oxygen atoms in total. The molecule has 0 amide bonds. The van der Waals surface area contributed by atoms with Crippen LogP contribution in [0.3, 0.4) is 0 Å². The van der Waals surface area contributed by atoms with Gasteiger partial charge in [0.25, 0.3) is 0 Å². The van der Waals surface area contributed by atoms with Crippen molar-refractivity contribution in [2.45, 2.75) is 31.8 Å². The van der Waals surface area contributed by atoms with Gasteiger partial charge in [-0.05, 0) is 54.8 Å². The standard InChI is InChI=1S/C20H24FNO2/c21-18-8-6-17(7-9-18)20-3-1-2-12-22(20)15-16-4-10-19(11-5-16)24-14-13-23/h4-11,20,23H,1-3,12-15H2/t20-/m0/s1. The van der Waals surface area contributed by atoms with Crippen LogP contribution < -0.4 is 4.74 Å². The van der Waals surface area contributed by atoms with Gasteiger partial charge in [0.2, 0.25) is 0 Å². The molecule has 0 unspecified atom stereocenters. The molecule has 1 aliphatic rings. The van der Waals surface area contributed by atoms with E-state index in [-0.39, 0.29) is 12.4 Å². The lowest BCUT2D eigenvalue weighted by Crippen LogP contribution is -2.32. The Morgan fingerprint density at radius 3 is 2.50 bits per heavy atom. The third-order valence-electron chi connectivity index (χ3n) is 4.54. The normalized spacial score (nSPS) is 18.5. The zero-order valence-corrected chi connectivity index (χ0v) is 13.8. The van der Waals surface area contributed by atoms with E-state index < -0.39 is 0 Å². The van der Waals surface area contributed by atoms with E-state index in [9.17, 15) is 4.39 Å². The molecule has 0 saturated carbocycles. The first-order chi connectivity index (χ1) is 11.8. The number of likely N-dealkylation sites (tertiary alicyclic amines) is 1. The Morgan fingerprint density at radius 1 is 1.04 bits per heavy atom. The van der Waals surface area contributed by atoms with E-state index >= 15 is 0 Å². The summed E-state index contributed by atoms with van der Waals surface area (Å²) in [5.41, 5.74) is 2.43. The molecule has 0 spiro atoms. The van der Waals surface area contributed by atoms with Crippen molar-refractivity contribution in [3.63, 3.8) is 0 Å². The maximum absolute atomic E-state index is 13.2. The molecule has 1 heterocycles. The lowest BCUT2D eigenvalue weighted by atomic mass is 9.94. The molecule has 1 fully saturated rings. The first-order valence-electron chi connectivity index (χ1n) is 8.58. The maximum atomic E-state index is 13.2. The van der Waals surface area contributed by atoms with Crippen LogP contribution in [0.2, 0.25) is 0 Å². The summed E-state index contributed by atoms with van der Waals surface area (Å²) in [5.74, 6) is 0.598. The van der Waals surface area contributed by atoms with Crippen molar-refractivity contribution in [1.29, 1.82) is 0 Å². The molecule has 2 aromatic rings. The number of hydrogen-bond acceptors (Lipinski definition) is 3. The van der Waals surface area contributed by atoms with Gasteiger partial charge in [-0.15, -0.1) is 0 Å². The van der Waals surface area contributed by atoms with Crippen molar-refractivity contribution < 1.29 is 14.2 Å². The summed E-state index contributed by atoms with van der Waals surface area (Å²) in [7, 11) is 0. The fourth-order valence-electron chi connectivity index (χ4n) is 3.33. The Morgan fingerprint density at radius 2 is 1.79 bits per heavy atom. The molecule has 128 valence electrons. The molecule has 0 bridgehead atoms. The van der Waals surface area contributed by atoms with Crippen LogP contribution in [0.15, 0.2) is 48.5 Å². The van der Waals surface area contributed by atoms with Crippen molar-refractivity contribution >= 4 is 0 Å². The van der Waals surface area contributed by atoms with Gasteiger partial charge >= 0.3 is 0 Å². The monoisotopic (exact) mass is 329 g/mol. The molecule has 0 radical (unpaired) electrons. The number of piperidine rings is 1. The molecule has 2 aromatic carbocycles. The Bertz CT molecular complexity index is 627. The van der Waals surface area contributed by atoms with E-state index in [1.807, 2.05) is 24.3 Å². The quantitative estimate of drug-likeness (QED) is 0.872. The third kappa shape index (κ3) is 4.34. The Hall–Kier alpha value is -1.91. The van der Waals surface area contributed by atoms with Crippen molar-refractivity contribution in [1.82, 2.24) is 4.90 Å². The van der Waals surface area contributed by atoms with Crippen LogP contribution in [0.4, 0.5) is 4.39 Å². The van der Waals surface area contributed by atoms with Gasteiger partial charge in [-0.1, -0.05) is 30.7 Å². The van der Waals surface area contributed by atoms with E-state index in [1.165, 1.54) is 24.0 Å². The summed E-state index contributed by atoms with van der Waals surface area (Å²) in [5, 5.41) is 8.80. The lowest BCUT2D eigenvalue weighted by molar-refractivity contribution is 0.140. The van der Waals surface area contributed by atoms with Crippen LogP contribution in [0.5, 0.6) is 5.75 Å². The van der Waals surface area contributed by atoms with Gasteiger partial charge in [0.15, 0.2) is 0 Å². The second-order valence-electron chi connectivity index (χ2n) is 6.25. The van der Waals surface area contributed by atoms with Gasteiger partial charge in [-0.25, -0.2) is 4.39 Å². The number of nitrogens with zero attached hydrogens (tertiary/aromatic N) is 1. The van der Waals surface area contributed by atoms with Gasteiger partial charge < -0.3 is 9.84 Å². The molecule has 1 saturated heterocycles. The number of aliphatic hydroxyl groups excluding tert-OH is 1. The fourth-order valence-corrected chi connectivity index (χ4v) is 3.33. The molecule has 0 aromatic heterocycles. The van der Waals surface area contributed by atoms with Crippen molar-refractivity contribution in [3.05, 3.63) is 65.5 Å². The molecule has 1 atom stereocenters. The van der Waals surface area contributed by atoms with Crippen LogP contribution in [0.25, 0.3) is 0 Å². The summed E-state index contributed by atoms with van der Waals surface area (Å²) in [6, 6.07) is 15.3. The second-order valence-corrected chi connectivity index (χ2v) is 6.25. The predicted molar refractivity (Wildman–Crippen MR) is 92.4 cm³/mol. The summed E-state index contributed by atoms with van der Waals surface area (Å²) >= 11 is 0. The molecule has 3 rings (SSSR count). The van der Waals surface area contributed by atoms with Crippen LogP contribution >= 0.6 is 0 Å². The Kier molecular flexibility index (Phi) is 5.83. The van der Waals surface area contributed by atoms with Crippen LogP contribution in [0, 0.1) is 5.82 Å². The molecular weight excluding hydrogens is 305 g/mol. The SMILES string of the molecule is OCCOc1ccc(CN2CCCC[C@H]2c2ccc(F)cc2)cc1. The predicted octanol–water partition coefficient (Wildman–Crippen LogP) is 3.92. The molecule has 1 aliphatic heterocycles. The largest absolute Gasteiger partial charge is 0.491 e. The first kappa shape index (κ1) is 16.9. The van der Waals surface area contributed by atoms with Crippen molar-refractivity contribution in [2.24, 2.45) is 0 Å². The Balaban J connectivity index is 1.68. The zero-order chi connectivity index (χ0) is 16.8. The molecular formula is C20H24FNO2. The topological polar surface area (TPSA) is 32.7 Å². The van der Waals surface area contributed by atoms with Crippen LogP contribution in [-0.2, 0) is 6.54 Å². The molecule has 4 heteroatoms. The van der Waals surface area contributed by atoms with Crippen molar-refractivity contribution in [3.8, 4) is 5.75 Å². The van der Waals surface area contributed by atoms with Crippen molar-refractivity contribution in [2.75, 3.05) is 19.8 Å². The van der Waals surface area contributed by atoms with E-state index in [0.29, 0.717) is 12.6 Å². The van der Waals surface area contributed by atoms with Crippen LogP contribution in [0.1, 0.15) is 36.4 Å². The van der Waals surface area contributed by atoms with Gasteiger partial charge in [-0.3, -0.25) is 4.90 Å². The number of benzene rings is 2. The van der Waals surface area contributed by atoms with Gasteiger partial charge in [0.1, 0.15) is 18.2 Å². The minimum atomic E-state index is -0.181. The summed E-state index contributed by atoms with van der Waals surface area (Å²) < 4.78 is 18.6. The zero-order valence-electron chi connectivity index (χ0n) is 13.8. The van der Waals surface area contributed by atoms with Gasteiger partial charge in [0.05, 0.1) is 6.61 Å². The highest BCUT2D eigenvalue weighted by molar-refractivity contribution is 5.28. The second kappa shape index (κ2) is 8.27. The highest BCUT2D eigenvalue weighted by Crippen LogP contribution is 2.32. The van der Waals surface area contributed by atoms with Gasteiger partial charge in [-0.2, -0.15) is 0 Å². The number of hydrogen-bond donors (Lipinski definition) is 1. The smallest absolute Gasteiger partial charge is 0.123 e. The van der Waals surface area contributed by atoms with Gasteiger partial charge in [0, 0.05) is 12.6 Å². The molecule has 24 heavy (non-hydrogen) atoms. The highest BCUT2D eigenvalue weighted by atomic mass is 19.1. The van der Waals surface area contributed by atoms with Crippen LogP contribution in [-0.4, -0.2) is 29.8 Å². The third-order valence-corrected chi connectivity index (χ3v) is 4.54. The number of ether oxygens (including phenoxy) is 1. The summed E-state index contributed by atoms with van der Waals surface area (Å²) in [4.78, 5) is 2.47. The van der Waals surface area contributed by atoms with E-state index in [1.54, 1.807) is 12.1 Å².